The first-order valence-corrected chi connectivity index (χ1v) is 8.39. The molecule has 3 aromatic rings. The van der Waals surface area contributed by atoms with E-state index in [1.165, 1.54) is 0 Å². The number of carbonyl (C=O) groups excluding carboxylic acids is 2. The number of aryl methyl sites for hydroxylation is 1. The predicted molar refractivity (Wildman–Crippen MR) is 97.8 cm³/mol. The zero-order valence-corrected chi connectivity index (χ0v) is 14.7. The molecule has 7 heteroatoms. The quantitative estimate of drug-likeness (QED) is 0.616. The van der Waals surface area contributed by atoms with Gasteiger partial charge in [-0.15, -0.1) is 0 Å². The Hall–Kier alpha value is -3.35. The number of nitrogens with zero attached hydrogens (tertiary/aromatic N) is 2. The molecule has 0 atom stereocenters. The molecule has 0 fully saturated rings. The lowest BCUT2D eigenvalue weighted by molar-refractivity contribution is -0.121. The highest BCUT2D eigenvalue weighted by Gasteiger charge is 2.14. The Morgan fingerprint density at radius 3 is 2.54 bits per heavy atom. The zero-order chi connectivity index (χ0) is 18.5. The number of hydrogen-bond acceptors (Lipinski definition) is 3. The molecule has 26 heavy (non-hydrogen) atoms. The summed E-state index contributed by atoms with van der Waals surface area (Å²) in [4.78, 5) is 26.6. The van der Waals surface area contributed by atoms with Gasteiger partial charge in [0.05, 0.1) is 11.4 Å². The Labute approximate surface area is 151 Å². The van der Waals surface area contributed by atoms with E-state index in [0.29, 0.717) is 12.1 Å². The minimum atomic E-state index is -0.382. The van der Waals surface area contributed by atoms with Gasteiger partial charge in [0.2, 0.25) is 5.91 Å². The second-order valence-corrected chi connectivity index (χ2v) is 5.98. The number of para-hydroxylation sites is 1. The van der Waals surface area contributed by atoms with Crippen molar-refractivity contribution < 1.29 is 9.59 Å². The number of benzene rings is 1. The SMILES string of the molecule is Cc1nn(-c2ccccc2)c(C)c1CCC(=O)NNC(=O)c1ccc[nH]1. The first-order chi connectivity index (χ1) is 12.6. The normalized spacial score (nSPS) is 10.5. The lowest BCUT2D eigenvalue weighted by Gasteiger charge is -2.07. The van der Waals surface area contributed by atoms with Gasteiger partial charge in [0, 0.05) is 18.3 Å². The van der Waals surface area contributed by atoms with Crippen LogP contribution in [-0.4, -0.2) is 26.6 Å². The van der Waals surface area contributed by atoms with Gasteiger partial charge in [0.1, 0.15) is 5.69 Å². The number of rotatable bonds is 5. The van der Waals surface area contributed by atoms with E-state index < -0.39 is 0 Å². The first kappa shape index (κ1) is 17.5. The number of hydrogen-bond donors (Lipinski definition) is 3. The predicted octanol–water partition coefficient (Wildman–Crippen LogP) is 2.21. The molecule has 0 saturated heterocycles. The van der Waals surface area contributed by atoms with Crippen molar-refractivity contribution in [2.45, 2.75) is 26.7 Å². The summed E-state index contributed by atoms with van der Waals surface area (Å²) in [5, 5.41) is 4.58. The largest absolute Gasteiger partial charge is 0.357 e. The Morgan fingerprint density at radius 1 is 1.08 bits per heavy atom. The van der Waals surface area contributed by atoms with Crippen LogP contribution in [0.2, 0.25) is 0 Å². The van der Waals surface area contributed by atoms with Crippen LogP contribution in [0.1, 0.15) is 33.9 Å². The van der Waals surface area contributed by atoms with Crippen molar-refractivity contribution >= 4 is 11.8 Å². The van der Waals surface area contributed by atoms with Gasteiger partial charge in [-0.3, -0.25) is 20.4 Å². The monoisotopic (exact) mass is 351 g/mol. The Bertz CT molecular complexity index is 898. The minimum absolute atomic E-state index is 0.254. The molecule has 2 aromatic heterocycles. The smallest absolute Gasteiger partial charge is 0.286 e. The van der Waals surface area contributed by atoms with Crippen LogP contribution >= 0.6 is 0 Å². The molecule has 134 valence electrons. The van der Waals surface area contributed by atoms with Crippen LogP contribution in [-0.2, 0) is 11.2 Å². The Kier molecular flexibility index (Phi) is 5.17. The number of H-pyrrole nitrogens is 1. The molecule has 3 rings (SSSR count). The lowest BCUT2D eigenvalue weighted by atomic mass is 10.1. The van der Waals surface area contributed by atoms with Crippen molar-refractivity contribution in [1.29, 1.82) is 0 Å². The van der Waals surface area contributed by atoms with E-state index in [1.807, 2.05) is 48.9 Å². The molecule has 0 saturated carbocycles. The Morgan fingerprint density at radius 2 is 1.85 bits per heavy atom. The molecule has 7 nitrogen and oxygen atoms in total. The zero-order valence-electron chi connectivity index (χ0n) is 14.7. The highest BCUT2D eigenvalue weighted by Crippen LogP contribution is 2.19. The standard InChI is InChI=1S/C19H21N5O2/c1-13-16(14(2)24(23-13)15-7-4-3-5-8-15)10-11-18(25)21-22-19(26)17-9-6-12-20-17/h3-9,12,20H,10-11H2,1-2H3,(H,21,25)(H,22,26). The number of amides is 2. The molecule has 0 bridgehead atoms. The summed E-state index contributed by atoms with van der Waals surface area (Å²) in [6.45, 7) is 3.93. The van der Waals surface area contributed by atoms with Crippen LogP contribution in [0.4, 0.5) is 0 Å². The van der Waals surface area contributed by atoms with E-state index in [1.54, 1.807) is 18.3 Å². The van der Waals surface area contributed by atoms with Gasteiger partial charge in [-0.25, -0.2) is 4.68 Å². The fraction of sp³-hybridized carbons (Fsp3) is 0.211. The molecule has 3 N–H and O–H groups in total. The second-order valence-electron chi connectivity index (χ2n) is 5.98. The van der Waals surface area contributed by atoms with Gasteiger partial charge in [0.25, 0.3) is 5.91 Å². The van der Waals surface area contributed by atoms with Crippen molar-refractivity contribution in [2.24, 2.45) is 0 Å². The van der Waals surface area contributed by atoms with Crippen LogP contribution in [0.3, 0.4) is 0 Å². The maximum Gasteiger partial charge on any atom is 0.286 e. The van der Waals surface area contributed by atoms with Crippen molar-refractivity contribution in [3.05, 3.63) is 71.3 Å². The molecule has 0 spiro atoms. The van der Waals surface area contributed by atoms with Gasteiger partial charge in [0.15, 0.2) is 0 Å². The Balaban J connectivity index is 1.58. The molecular formula is C19H21N5O2. The van der Waals surface area contributed by atoms with E-state index in [0.717, 1.165) is 22.6 Å². The molecule has 1 aromatic carbocycles. The fourth-order valence-corrected chi connectivity index (χ4v) is 2.82. The molecule has 0 radical (unpaired) electrons. The fourth-order valence-electron chi connectivity index (χ4n) is 2.82. The number of nitrogens with one attached hydrogen (secondary N) is 3. The van der Waals surface area contributed by atoms with E-state index in [2.05, 4.69) is 20.9 Å². The van der Waals surface area contributed by atoms with Gasteiger partial charge < -0.3 is 4.98 Å². The topological polar surface area (TPSA) is 91.8 Å². The summed E-state index contributed by atoms with van der Waals surface area (Å²) >= 11 is 0. The molecule has 0 aliphatic rings. The maximum atomic E-state index is 12.0. The third-order valence-electron chi connectivity index (χ3n) is 4.20. The number of carbonyl (C=O) groups is 2. The summed E-state index contributed by atoms with van der Waals surface area (Å²) in [5.41, 5.74) is 9.15. The van der Waals surface area contributed by atoms with Gasteiger partial charge in [-0.05, 0) is 50.1 Å². The summed E-state index contributed by atoms with van der Waals surface area (Å²) in [6.07, 6.45) is 2.45. The van der Waals surface area contributed by atoms with Crippen molar-refractivity contribution in [2.75, 3.05) is 0 Å². The molecular weight excluding hydrogens is 330 g/mol. The van der Waals surface area contributed by atoms with E-state index in [4.69, 9.17) is 0 Å². The molecule has 2 amide bonds. The maximum absolute atomic E-state index is 12.0. The number of aromatic nitrogens is 3. The van der Waals surface area contributed by atoms with E-state index in [-0.39, 0.29) is 18.2 Å². The first-order valence-electron chi connectivity index (χ1n) is 8.39. The number of aromatic amines is 1. The van der Waals surface area contributed by atoms with Crippen LogP contribution in [0.25, 0.3) is 5.69 Å². The van der Waals surface area contributed by atoms with Gasteiger partial charge >= 0.3 is 0 Å². The number of hydrazine groups is 1. The van der Waals surface area contributed by atoms with Gasteiger partial charge in [-0.2, -0.15) is 5.10 Å². The molecule has 0 aliphatic heterocycles. The van der Waals surface area contributed by atoms with Crippen molar-refractivity contribution in [3.8, 4) is 5.69 Å². The summed E-state index contributed by atoms with van der Waals surface area (Å²) < 4.78 is 1.88. The van der Waals surface area contributed by atoms with E-state index in [9.17, 15) is 9.59 Å². The third kappa shape index (κ3) is 3.83. The van der Waals surface area contributed by atoms with Crippen LogP contribution < -0.4 is 10.9 Å². The third-order valence-corrected chi connectivity index (χ3v) is 4.20. The van der Waals surface area contributed by atoms with Gasteiger partial charge in [-0.1, -0.05) is 18.2 Å². The minimum Gasteiger partial charge on any atom is -0.357 e. The lowest BCUT2D eigenvalue weighted by Crippen LogP contribution is -2.41. The molecule has 2 heterocycles. The summed E-state index contributed by atoms with van der Waals surface area (Å²) in [5.74, 6) is -0.635. The summed E-state index contributed by atoms with van der Waals surface area (Å²) in [6, 6.07) is 13.2. The highest BCUT2D eigenvalue weighted by atomic mass is 16.2. The summed E-state index contributed by atoms with van der Waals surface area (Å²) in [7, 11) is 0. The van der Waals surface area contributed by atoms with Crippen LogP contribution in [0.15, 0.2) is 48.7 Å². The molecule has 0 aliphatic carbocycles. The average molecular weight is 351 g/mol. The highest BCUT2D eigenvalue weighted by molar-refractivity contribution is 5.93. The molecule has 0 unspecified atom stereocenters. The van der Waals surface area contributed by atoms with Crippen molar-refractivity contribution in [3.63, 3.8) is 0 Å². The van der Waals surface area contributed by atoms with Crippen molar-refractivity contribution in [1.82, 2.24) is 25.6 Å². The van der Waals surface area contributed by atoms with Crippen LogP contribution in [0.5, 0.6) is 0 Å². The average Bonchev–Trinajstić information content (AvgIpc) is 3.28. The van der Waals surface area contributed by atoms with E-state index >= 15 is 0 Å². The second kappa shape index (κ2) is 7.69. The van der Waals surface area contributed by atoms with Crippen LogP contribution in [0, 0.1) is 13.8 Å².